The van der Waals surface area contributed by atoms with Gasteiger partial charge in [-0.1, -0.05) is 42.5 Å². The van der Waals surface area contributed by atoms with Gasteiger partial charge in [-0.3, -0.25) is 0 Å². The number of rotatable bonds is 8. The molecule has 0 atom stereocenters. The maximum Gasteiger partial charge on any atom is 0.416 e. The van der Waals surface area contributed by atoms with Crippen LogP contribution in [0.15, 0.2) is 54.6 Å². The highest BCUT2D eigenvalue weighted by molar-refractivity contribution is 5.73. The molecule has 4 nitrogen and oxygen atoms in total. The molecule has 0 saturated carbocycles. The van der Waals surface area contributed by atoms with Crippen LogP contribution in [0.1, 0.15) is 16.7 Å². The van der Waals surface area contributed by atoms with Crippen LogP contribution < -0.4 is 10.6 Å². The molecule has 0 fully saturated rings. The van der Waals surface area contributed by atoms with E-state index in [9.17, 15) is 18.0 Å². The summed E-state index contributed by atoms with van der Waals surface area (Å²) in [6.45, 7) is 2.38. The number of alkyl halides is 3. The monoisotopic (exact) mass is 379 g/mol. The normalized spacial score (nSPS) is 11.4. The predicted molar refractivity (Wildman–Crippen MR) is 99.3 cm³/mol. The van der Waals surface area contributed by atoms with E-state index in [1.807, 2.05) is 25.2 Å². The average Bonchev–Trinajstić information content (AvgIpc) is 2.62. The highest BCUT2D eigenvalue weighted by Crippen LogP contribution is 2.29. The summed E-state index contributed by atoms with van der Waals surface area (Å²) in [6.07, 6.45) is -3.86. The number of hydrogen-bond acceptors (Lipinski definition) is 2. The van der Waals surface area contributed by atoms with Gasteiger partial charge >= 0.3 is 12.2 Å². The van der Waals surface area contributed by atoms with E-state index in [1.54, 1.807) is 0 Å². The molecule has 2 aromatic rings. The summed E-state index contributed by atoms with van der Waals surface area (Å²) in [7, 11) is 1.98. The number of carbonyl (C=O) groups excluding carboxylic acids is 1. The molecule has 0 unspecified atom stereocenters. The number of likely N-dealkylation sites (N-methyl/N-ethyl adjacent to an activating group) is 1. The van der Waals surface area contributed by atoms with Crippen molar-refractivity contribution in [3.63, 3.8) is 0 Å². The van der Waals surface area contributed by atoms with Gasteiger partial charge in [0.05, 0.1) is 5.56 Å². The molecule has 146 valence electrons. The first-order valence-corrected chi connectivity index (χ1v) is 8.75. The van der Waals surface area contributed by atoms with Crippen molar-refractivity contribution in [2.75, 3.05) is 26.7 Å². The summed E-state index contributed by atoms with van der Waals surface area (Å²) in [5, 5.41) is 5.48. The summed E-state index contributed by atoms with van der Waals surface area (Å²) in [5.74, 6) is 0. The van der Waals surface area contributed by atoms with Crippen molar-refractivity contribution in [1.82, 2.24) is 15.5 Å². The van der Waals surface area contributed by atoms with Gasteiger partial charge < -0.3 is 15.5 Å². The van der Waals surface area contributed by atoms with E-state index in [2.05, 4.69) is 27.7 Å². The Morgan fingerprint density at radius 1 is 0.926 bits per heavy atom. The first-order valence-electron chi connectivity index (χ1n) is 8.75. The molecule has 0 aliphatic carbocycles. The van der Waals surface area contributed by atoms with Crippen LogP contribution in [0.5, 0.6) is 0 Å². The highest BCUT2D eigenvalue weighted by Gasteiger charge is 2.29. The third-order valence-corrected chi connectivity index (χ3v) is 4.05. The van der Waals surface area contributed by atoms with Gasteiger partial charge in [-0.05, 0) is 36.7 Å². The zero-order valence-electron chi connectivity index (χ0n) is 15.2. The van der Waals surface area contributed by atoms with Crippen LogP contribution in [0.4, 0.5) is 18.0 Å². The summed E-state index contributed by atoms with van der Waals surface area (Å²) in [4.78, 5) is 13.9. The molecule has 0 bridgehead atoms. The lowest BCUT2D eigenvalue weighted by molar-refractivity contribution is -0.137. The van der Waals surface area contributed by atoms with E-state index < -0.39 is 11.7 Å². The molecule has 2 N–H and O–H groups in total. The van der Waals surface area contributed by atoms with E-state index in [0.717, 1.165) is 24.2 Å². The minimum absolute atomic E-state index is 0.282. The maximum atomic E-state index is 12.5. The Hall–Kier alpha value is -2.54. The van der Waals surface area contributed by atoms with Crippen LogP contribution in [-0.2, 0) is 19.1 Å². The Morgan fingerprint density at radius 3 is 2.19 bits per heavy atom. The number of halogens is 3. The Labute approximate surface area is 157 Å². The molecule has 0 aliphatic heterocycles. The molecule has 2 amide bonds. The van der Waals surface area contributed by atoms with Gasteiger partial charge in [0.25, 0.3) is 0 Å². The van der Waals surface area contributed by atoms with Gasteiger partial charge in [0, 0.05) is 26.2 Å². The number of urea groups is 1. The second-order valence-corrected chi connectivity index (χ2v) is 6.35. The first kappa shape index (κ1) is 20.8. The largest absolute Gasteiger partial charge is 0.416 e. The number of carbonyl (C=O) groups is 1. The number of nitrogens with one attached hydrogen (secondary N) is 2. The third-order valence-electron chi connectivity index (χ3n) is 4.05. The van der Waals surface area contributed by atoms with Crippen molar-refractivity contribution in [2.45, 2.75) is 19.1 Å². The molecular weight excluding hydrogens is 355 g/mol. The van der Waals surface area contributed by atoms with Crippen molar-refractivity contribution in [1.29, 1.82) is 0 Å². The molecule has 0 spiro atoms. The quantitative estimate of drug-likeness (QED) is 0.735. The molecule has 0 heterocycles. The summed E-state index contributed by atoms with van der Waals surface area (Å²) in [5.41, 5.74) is 1.28. The number of amides is 2. The van der Waals surface area contributed by atoms with Crippen LogP contribution in [0.2, 0.25) is 0 Å². The molecule has 2 aromatic carbocycles. The fourth-order valence-corrected chi connectivity index (χ4v) is 2.58. The number of benzene rings is 2. The number of hydrogen-bond donors (Lipinski definition) is 2. The lowest BCUT2D eigenvalue weighted by Crippen LogP contribution is -2.40. The van der Waals surface area contributed by atoms with Crippen LogP contribution >= 0.6 is 0 Å². The van der Waals surface area contributed by atoms with Crippen molar-refractivity contribution in [3.8, 4) is 0 Å². The lowest BCUT2D eigenvalue weighted by Gasteiger charge is -2.17. The Morgan fingerprint density at radius 2 is 1.56 bits per heavy atom. The second kappa shape index (κ2) is 9.97. The van der Waals surface area contributed by atoms with Gasteiger partial charge in [-0.2, -0.15) is 13.2 Å². The van der Waals surface area contributed by atoms with E-state index >= 15 is 0 Å². The van der Waals surface area contributed by atoms with Gasteiger partial charge in [0.1, 0.15) is 0 Å². The standard InChI is InChI=1S/C20H24F3N3O/c1-26(15-17-5-3-2-4-6-17)14-13-25-19(27)24-12-11-16-7-9-18(10-8-16)20(21,22)23/h2-10H,11-15H2,1H3,(H2,24,25,27). The molecule has 0 saturated heterocycles. The minimum Gasteiger partial charge on any atom is -0.338 e. The van der Waals surface area contributed by atoms with Crippen molar-refractivity contribution in [3.05, 3.63) is 71.3 Å². The summed E-state index contributed by atoms with van der Waals surface area (Å²) in [6, 6.07) is 14.8. The van der Waals surface area contributed by atoms with Gasteiger partial charge in [0.15, 0.2) is 0 Å². The Bertz CT molecular complexity index is 703. The second-order valence-electron chi connectivity index (χ2n) is 6.35. The van der Waals surface area contributed by atoms with Gasteiger partial charge in [-0.15, -0.1) is 0 Å². The van der Waals surface area contributed by atoms with Crippen LogP contribution in [0.25, 0.3) is 0 Å². The van der Waals surface area contributed by atoms with E-state index in [4.69, 9.17) is 0 Å². The molecule has 27 heavy (non-hydrogen) atoms. The van der Waals surface area contributed by atoms with Crippen molar-refractivity contribution in [2.24, 2.45) is 0 Å². The Kier molecular flexibility index (Phi) is 7.67. The topological polar surface area (TPSA) is 44.4 Å². The fraction of sp³-hybridized carbons (Fsp3) is 0.350. The molecule has 0 radical (unpaired) electrons. The van der Waals surface area contributed by atoms with Crippen LogP contribution in [0.3, 0.4) is 0 Å². The zero-order valence-corrected chi connectivity index (χ0v) is 15.2. The molecule has 0 aliphatic rings. The molecule has 2 rings (SSSR count). The van der Waals surface area contributed by atoms with E-state index in [1.165, 1.54) is 17.7 Å². The molecular formula is C20H24F3N3O. The predicted octanol–water partition coefficient (Wildman–Crippen LogP) is 3.68. The fourth-order valence-electron chi connectivity index (χ4n) is 2.58. The Balaban J connectivity index is 1.61. The summed E-state index contributed by atoms with van der Waals surface area (Å²) >= 11 is 0. The molecule has 7 heteroatoms. The van der Waals surface area contributed by atoms with Crippen LogP contribution in [-0.4, -0.2) is 37.6 Å². The number of nitrogens with zero attached hydrogens (tertiary/aromatic N) is 1. The van der Waals surface area contributed by atoms with Crippen molar-refractivity contribution < 1.29 is 18.0 Å². The first-order chi connectivity index (χ1) is 12.8. The summed E-state index contributed by atoms with van der Waals surface area (Å²) < 4.78 is 37.5. The smallest absolute Gasteiger partial charge is 0.338 e. The van der Waals surface area contributed by atoms with E-state index in [-0.39, 0.29) is 6.03 Å². The molecule has 0 aromatic heterocycles. The third kappa shape index (κ3) is 7.70. The van der Waals surface area contributed by atoms with Gasteiger partial charge in [0.2, 0.25) is 0 Å². The van der Waals surface area contributed by atoms with Crippen molar-refractivity contribution >= 4 is 6.03 Å². The van der Waals surface area contributed by atoms with Crippen LogP contribution in [0, 0.1) is 0 Å². The average molecular weight is 379 g/mol. The zero-order chi connectivity index (χ0) is 19.7. The maximum absolute atomic E-state index is 12.5. The van der Waals surface area contributed by atoms with Gasteiger partial charge in [-0.25, -0.2) is 4.79 Å². The van der Waals surface area contributed by atoms with E-state index in [0.29, 0.717) is 26.1 Å². The highest BCUT2D eigenvalue weighted by atomic mass is 19.4. The SMILES string of the molecule is CN(CCNC(=O)NCCc1ccc(C(F)(F)F)cc1)Cc1ccccc1. The lowest BCUT2D eigenvalue weighted by atomic mass is 10.1. The minimum atomic E-state index is -4.33.